The SMILES string of the molecule is CCOC(=O)C1C(=O)NC(N2CCN(c3ccc(F)cc3)CC2)=NC1c1ccccc1OC. The molecule has 0 radical (unpaired) electrons. The molecule has 2 unspecified atom stereocenters. The molecule has 2 aliphatic heterocycles. The van der Waals surface area contributed by atoms with Crippen LogP contribution in [0.25, 0.3) is 0 Å². The third kappa shape index (κ3) is 4.76. The van der Waals surface area contributed by atoms with E-state index in [-0.39, 0.29) is 12.4 Å². The van der Waals surface area contributed by atoms with Crippen LogP contribution in [0.5, 0.6) is 5.75 Å². The second-order valence-electron chi connectivity index (χ2n) is 7.81. The number of benzene rings is 2. The first-order valence-electron chi connectivity index (χ1n) is 11.0. The van der Waals surface area contributed by atoms with Crippen LogP contribution in [-0.2, 0) is 14.3 Å². The second-order valence-corrected chi connectivity index (χ2v) is 7.81. The van der Waals surface area contributed by atoms with Gasteiger partial charge in [-0.25, -0.2) is 9.38 Å². The Morgan fingerprint density at radius 2 is 1.76 bits per heavy atom. The molecule has 1 N–H and O–H groups in total. The monoisotopic (exact) mass is 454 g/mol. The molecule has 174 valence electrons. The van der Waals surface area contributed by atoms with Gasteiger partial charge in [0.05, 0.1) is 13.7 Å². The number of halogens is 1. The van der Waals surface area contributed by atoms with Gasteiger partial charge in [-0.1, -0.05) is 18.2 Å². The molecule has 2 atom stereocenters. The van der Waals surface area contributed by atoms with E-state index in [0.29, 0.717) is 43.5 Å². The van der Waals surface area contributed by atoms with E-state index in [2.05, 4.69) is 10.2 Å². The molecular formula is C24H27FN4O4. The van der Waals surface area contributed by atoms with Crippen LogP contribution in [0.15, 0.2) is 53.5 Å². The minimum Gasteiger partial charge on any atom is -0.496 e. The highest BCUT2D eigenvalue weighted by molar-refractivity contribution is 6.08. The zero-order valence-electron chi connectivity index (χ0n) is 18.7. The summed E-state index contributed by atoms with van der Waals surface area (Å²) in [7, 11) is 1.54. The highest BCUT2D eigenvalue weighted by atomic mass is 19.1. The van der Waals surface area contributed by atoms with Crippen molar-refractivity contribution in [3.63, 3.8) is 0 Å². The molecule has 4 rings (SSSR count). The molecule has 1 fully saturated rings. The number of para-hydroxylation sites is 1. The van der Waals surface area contributed by atoms with E-state index in [1.54, 1.807) is 32.2 Å². The number of carbonyl (C=O) groups is 2. The number of hydrogen-bond donors (Lipinski definition) is 1. The summed E-state index contributed by atoms with van der Waals surface area (Å²) >= 11 is 0. The Bertz CT molecular complexity index is 1040. The van der Waals surface area contributed by atoms with Crippen LogP contribution >= 0.6 is 0 Å². The summed E-state index contributed by atoms with van der Waals surface area (Å²) in [6.45, 7) is 4.45. The lowest BCUT2D eigenvalue weighted by molar-refractivity contribution is -0.153. The molecule has 2 heterocycles. The molecule has 0 spiro atoms. The van der Waals surface area contributed by atoms with Crippen LogP contribution in [0, 0.1) is 11.7 Å². The number of hydrogen-bond acceptors (Lipinski definition) is 7. The Kier molecular flexibility index (Phi) is 6.76. The van der Waals surface area contributed by atoms with Crippen molar-refractivity contribution in [2.45, 2.75) is 13.0 Å². The van der Waals surface area contributed by atoms with Gasteiger partial charge in [-0.2, -0.15) is 0 Å². The molecule has 33 heavy (non-hydrogen) atoms. The van der Waals surface area contributed by atoms with Crippen molar-refractivity contribution < 1.29 is 23.5 Å². The van der Waals surface area contributed by atoms with E-state index in [9.17, 15) is 14.0 Å². The molecule has 2 aliphatic rings. The maximum Gasteiger partial charge on any atom is 0.321 e. The number of anilines is 1. The number of rotatable bonds is 5. The van der Waals surface area contributed by atoms with Crippen molar-refractivity contribution in [1.82, 2.24) is 10.2 Å². The molecule has 2 aromatic carbocycles. The maximum atomic E-state index is 13.2. The highest BCUT2D eigenvalue weighted by Crippen LogP contribution is 2.36. The van der Waals surface area contributed by atoms with E-state index in [0.717, 1.165) is 5.69 Å². The number of nitrogens with one attached hydrogen (secondary N) is 1. The second kappa shape index (κ2) is 9.89. The van der Waals surface area contributed by atoms with Crippen molar-refractivity contribution in [3.05, 3.63) is 59.9 Å². The number of aliphatic imine (C=N–C) groups is 1. The summed E-state index contributed by atoms with van der Waals surface area (Å²) in [6, 6.07) is 12.9. The van der Waals surface area contributed by atoms with Crippen molar-refractivity contribution in [2.24, 2.45) is 10.9 Å². The minimum absolute atomic E-state index is 0.170. The van der Waals surface area contributed by atoms with Gasteiger partial charge >= 0.3 is 5.97 Å². The quantitative estimate of drug-likeness (QED) is 0.552. The number of carbonyl (C=O) groups excluding carboxylic acids is 2. The van der Waals surface area contributed by atoms with Crippen LogP contribution in [0.4, 0.5) is 10.1 Å². The number of ether oxygens (including phenoxy) is 2. The third-order valence-corrected chi connectivity index (χ3v) is 5.86. The smallest absolute Gasteiger partial charge is 0.321 e. The number of piperazine rings is 1. The molecule has 8 nitrogen and oxygen atoms in total. The van der Waals surface area contributed by atoms with Crippen molar-refractivity contribution >= 4 is 23.5 Å². The number of esters is 1. The lowest BCUT2D eigenvalue weighted by Crippen LogP contribution is -2.57. The van der Waals surface area contributed by atoms with E-state index in [1.165, 1.54) is 12.1 Å². The first-order chi connectivity index (χ1) is 16.0. The maximum absolute atomic E-state index is 13.2. The Labute approximate surface area is 192 Å². The average Bonchev–Trinajstić information content (AvgIpc) is 2.84. The first kappa shape index (κ1) is 22.6. The molecule has 0 bridgehead atoms. The summed E-state index contributed by atoms with van der Waals surface area (Å²) in [5.41, 5.74) is 1.59. The van der Waals surface area contributed by atoms with Gasteiger partial charge in [-0.15, -0.1) is 0 Å². The lowest BCUT2D eigenvalue weighted by Gasteiger charge is -2.39. The van der Waals surface area contributed by atoms with E-state index >= 15 is 0 Å². The van der Waals surface area contributed by atoms with Crippen molar-refractivity contribution in [3.8, 4) is 5.75 Å². The fourth-order valence-electron chi connectivity index (χ4n) is 4.19. The molecule has 1 saturated heterocycles. The fourth-order valence-corrected chi connectivity index (χ4v) is 4.19. The Morgan fingerprint density at radius 3 is 2.42 bits per heavy atom. The minimum atomic E-state index is -1.11. The standard InChI is InChI=1S/C24H27FN4O4/c1-3-33-23(31)20-21(18-6-4-5-7-19(18)32-2)26-24(27-22(20)30)29-14-12-28(13-15-29)17-10-8-16(25)9-11-17/h4-11,20-21H,3,12-15H2,1-2H3,(H,26,27,30). The van der Waals surface area contributed by atoms with Gasteiger partial charge in [-0.3, -0.25) is 14.9 Å². The van der Waals surface area contributed by atoms with Gasteiger partial charge in [0.2, 0.25) is 11.9 Å². The Hall–Kier alpha value is -3.62. The van der Waals surface area contributed by atoms with Gasteiger partial charge < -0.3 is 19.3 Å². The van der Waals surface area contributed by atoms with E-state index < -0.39 is 23.8 Å². The van der Waals surface area contributed by atoms with Gasteiger partial charge in [-0.05, 0) is 37.3 Å². The molecule has 9 heteroatoms. The zero-order chi connectivity index (χ0) is 23.4. The fraction of sp³-hybridized carbons (Fsp3) is 0.375. The van der Waals surface area contributed by atoms with Gasteiger partial charge in [0.25, 0.3) is 0 Å². The topological polar surface area (TPSA) is 83.5 Å². The number of guanidine groups is 1. The lowest BCUT2D eigenvalue weighted by atomic mass is 9.90. The Balaban J connectivity index is 1.59. The summed E-state index contributed by atoms with van der Waals surface area (Å²) in [4.78, 5) is 34.6. The summed E-state index contributed by atoms with van der Waals surface area (Å²) < 4.78 is 23.9. The van der Waals surface area contributed by atoms with Gasteiger partial charge in [0.15, 0.2) is 5.92 Å². The van der Waals surface area contributed by atoms with E-state index in [4.69, 9.17) is 14.5 Å². The van der Waals surface area contributed by atoms with Crippen LogP contribution in [0.1, 0.15) is 18.5 Å². The third-order valence-electron chi connectivity index (χ3n) is 5.86. The first-order valence-corrected chi connectivity index (χ1v) is 11.0. The highest BCUT2D eigenvalue weighted by Gasteiger charge is 2.43. The van der Waals surface area contributed by atoms with Crippen LogP contribution in [0.3, 0.4) is 0 Å². The van der Waals surface area contributed by atoms with Crippen LogP contribution in [0.2, 0.25) is 0 Å². The molecule has 2 aromatic rings. The summed E-state index contributed by atoms with van der Waals surface area (Å²) in [5, 5.41) is 2.80. The zero-order valence-corrected chi connectivity index (χ0v) is 18.7. The van der Waals surface area contributed by atoms with Crippen LogP contribution < -0.4 is 15.0 Å². The summed E-state index contributed by atoms with van der Waals surface area (Å²) in [6.07, 6.45) is 0. The molecule has 0 aromatic heterocycles. The molecule has 0 aliphatic carbocycles. The van der Waals surface area contributed by atoms with Gasteiger partial charge in [0.1, 0.15) is 17.6 Å². The largest absolute Gasteiger partial charge is 0.496 e. The predicted molar refractivity (Wildman–Crippen MR) is 122 cm³/mol. The molecule has 0 saturated carbocycles. The number of methoxy groups -OCH3 is 1. The Morgan fingerprint density at radius 1 is 1.09 bits per heavy atom. The van der Waals surface area contributed by atoms with Crippen molar-refractivity contribution in [2.75, 3.05) is 44.8 Å². The van der Waals surface area contributed by atoms with Crippen molar-refractivity contribution in [1.29, 1.82) is 0 Å². The average molecular weight is 455 g/mol. The number of amides is 1. The normalized spacial score (nSPS) is 20.7. The number of nitrogens with zero attached hydrogens (tertiary/aromatic N) is 3. The van der Waals surface area contributed by atoms with E-state index in [1.807, 2.05) is 23.1 Å². The molecule has 1 amide bonds. The van der Waals surface area contributed by atoms with Crippen LogP contribution in [-0.4, -0.2) is 62.6 Å². The summed E-state index contributed by atoms with van der Waals surface area (Å²) in [5.74, 6) is -1.46. The predicted octanol–water partition coefficient (Wildman–Crippen LogP) is 2.36. The molecular weight excluding hydrogens is 427 g/mol. The van der Waals surface area contributed by atoms with Gasteiger partial charge in [0, 0.05) is 37.4 Å².